The third kappa shape index (κ3) is 6.94. The standard InChI is InChI=1S/C31H30N4O4/c1-4-8-26-20(2)33-28(22-9-6-5-7-10-22)35-29(26)34-24-15-13-23(14-16-24)31(38)39-25-17-11-21(12-18-25)19-27(32-3)30(36)37/h4-7,9-18,27,32H,1,8,19H2,2-3H3,(H,36,37)(H,33,34,35)/t27-/m0/s1. The fraction of sp³-hybridized carbons (Fsp3) is 0.161. The number of nitrogens with zero attached hydrogens (tertiary/aromatic N) is 2. The summed E-state index contributed by atoms with van der Waals surface area (Å²) in [6, 6.07) is 22.8. The van der Waals surface area contributed by atoms with Gasteiger partial charge in [-0.1, -0.05) is 48.5 Å². The molecule has 1 atom stereocenters. The minimum absolute atomic E-state index is 0.321. The van der Waals surface area contributed by atoms with Gasteiger partial charge in [0.1, 0.15) is 17.6 Å². The van der Waals surface area contributed by atoms with Gasteiger partial charge in [-0.3, -0.25) is 4.79 Å². The molecule has 4 aromatic rings. The lowest BCUT2D eigenvalue weighted by molar-refractivity contribution is -0.139. The van der Waals surface area contributed by atoms with Crippen molar-refractivity contribution in [3.05, 3.63) is 114 Å². The molecule has 0 amide bonds. The summed E-state index contributed by atoms with van der Waals surface area (Å²) in [6.45, 7) is 5.81. The lowest BCUT2D eigenvalue weighted by atomic mass is 10.1. The van der Waals surface area contributed by atoms with E-state index in [0.29, 0.717) is 35.8 Å². The number of carboxylic acids is 1. The van der Waals surface area contributed by atoms with Crippen molar-refractivity contribution in [1.82, 2.24) is 15.3 Å². The largest absolute Gasteiger partial charge is 0.480 e. The van der Waals surface area contributed by atoms with E-state index in [0.717, 1.165) is 28.1 Å². The Bertz CT molecular complexity index is 1450. The molecule has 1 heterocycles. The summed E-state index contributed by atoms with van der Waals surface area (Å²) in [4.78, 5) is 33.4. The maximum absolute atomic E-state index is 12.7. The Morgan fingerprint density at radius 1 is 1.00 bits per heavy atom. The molecule has 3 aromatic carbocycles. The number of likely N-dealkylation sites (N-methyl/N-ethyl adjacent to an activating group) is 1. The van der Waals surface area contributed by atoms with Crippen LogP contribution < -0.4 is 15.4 Å². The molecule has 0 radical (unpaired) electrons. The highest BCUT2D eigenvalue weighted by molar-refractivity contribution is 5.91. The molecule has 4 rings (SSSR count). The highest BCUT2D eigenvalue weighted by atomic mass is 16.5. The van der Waals surface area contributed by atoms with Crippen molar-refractivity contribution in [2.75, 3.05) is 12.4 Å². The number of rotatable bonds is 11. The third-order valence-electron chi connectivity index (χ3n) is 6.20. The zero-order valence-electron chi connectivity index (χ0n) is 21.8. The zero-order valence-corrected chi connectivity index (χ0v) is 21.8. The minimum Gasteiger partial charge on any atom is -0.480 e. The van der Waals surface area contributed by atoms with Crippen LogP contribution in [0.2, 0.25) is 0 Å². The van der Waals surface area contributed by atoms with Crippen molar-refractivity contribution in [3.8, 4) is 17.1 Å². The van der Waals surface area contributed by atoms with Gasteiger partial charge in [0.25, 0.3) is 0 Å². The van der Waals surface area contributed by atoms with Crippen molar-refractivity contribution in [2.45, 2.75) is 25.8 Å². The second kappa shape index (κ2) is 12.6. The van der Waals surface area contributed by atoms with E-state index in [4.69, 9.17) is 9.72 Å². The van der Waals surface area contributed by atoms with Crippen molar-refractivity contribution < 1.29 is 19.4 Å². The molecule has 3 N–H and O–H groups in total. The van der Waals surface area contributed by atoms with Gasteiger partial charge in [0.05, 0.1) is 5.56 Å². The number of carbonyl (C=O) groups excluding carboxylic acids is 1. The van der Waals surface area contributed by atoms with E-state index in [2.05, 4.69) is 22.2 Å². The van der Waals surface area contributed by atoms with Gasteiger partial charge in [0.15, 0.2) is 5.82 Å². The van der Waals surface area contributed by atoms with Gasteiger partial charge >= 0.3 is 11.9 Å². The van der Waals surface area contributed by atoms with E-state index in [-0.39, 0.29) is 0 Å². The maximum Gasteiger partial charge on any atom is 0.343 e. The zero-order chi connectivity index (χ0) is 27.8. The van der Waals surface area contributed by atoms with Crippen LogP contribution in [0, 0.1) is 6.92 Å². The quantitative estimate of drug-likeness (QED) is 0.137. The Kier molecular flexibility index (Phi) is 8.81. The average molecular weight is 523 g/mol. The molecule has 198 valence electrons. The topological polar surface area (TPSA) is 113 Å². The van der Waals surface area contributed by atoms with Crippen molar-refractivity contribution in [3.63, 3.8) is 0 Å². The molecule has 0 aliphatic carbocycles. The number of hydrogen-bond donors (Lipinski definition) is 3. The number of aryl methyl sites for hydroxylation is 1. The fourth-order valence-electron chi connectivity index (χ4n) is 4.04. The molecule has 0 fully saturated rings. The van der Waals surface area contributed by atoms with E-state index in [1.54, 1.807) is 55.6 Å². The Morgan fingerprint density at radius 3 is 2.31 bits per heavy atom. The number of benzene rings is 3. The van der Waals surface area contributed by atoms with Crippen molar-refractivity contribution >= 4 is 23.4 Å². The van der Waals surface area contributed by atoms with Gasteiger partial charge in [-0.15, -0.1) is 6.58 Å². The molecule has 8 nitrogen and oxygen atoms in total. The maximum atomic E-state index is 12.7. The first kappa shape index (κ1) is 27.2. The third-order valence-corrected chi connectivity index (χ3v) is 6.20. The summed E-state index contributed by atoms with van der Waals surface area (Å²) in [5, 5.41) is 15.3. The van der Waals surface area contributed by atoms with Crippen LogP contribution in [0.3, 0.4) is 0 Å². The first-order valence-corrected chi connectivity index (χ1v) is 12.5. The molecule has 1 aromatic heterocycles. The second-order valence-corrected chi connectivity index (χ2v) is 8.94. The first-order chi connectivity index (χ1) is 18.9. The number of anilines is 2. The molecule has 0 saturated carbocycles. The number of aromatic nitrogens is 2. The smallest absolute Gasteiger partial charge is 0.343 e. The Morgan fingerprint density at radius 2 is 1.69 bits per heavy atom. The minimum atomic E-state index is -0.922. The second-order valence-electron chi connectivity index (χ2n) is 8.94. The molecular weight excluding hydrogens is 492 g/mol. The molecule has 8 heteroatoms. The number of carbonyl (C=O) groups is 2. The van der Waals surface area contributed by atoms with Crippen LogP contribution in [-0.2, 0) is 17.6 Å². The lowest BCUT2D eigenvalue weighted by Crippen LogP contribution is -2.35. The van der Waals surface area contributed by atoms with Crippen molar-refractivity contribution in [1.29, 1.82) is 0 Å². The number of ether oxygens (including phenoxy) is 1. The lowest BCUT2D eigenvalue weighted by Gasteiger charge is -2.14. The van der Waals surface area contributed by atoms with Crippen LogP contribution in [0.5, 0.6) is 5.75 Å². The molecule has 0 unspecified atom stereocenters. The summed E-state index contributed by atoms with van der Waals surface area (Å²) in [7, 11) is 1.60. The predicted molar refractivity (Wildman–Crippen MR) is 151 cm³/mol. The van der Waals surface area contributed by atoms with Gasteiger partial charge < -0.3 is 20.5 Å². The molecule has 0 aliphatic rings. The summed E-state index contributed by atoms with van der Waals surface area (Å²) in [5.74, 6) is 0.263. The molecule has 0 saturated heterocycles. The summed E-state index contributed by atoms with van der Waals surface area (Å²) in [6.07, 6.45) is 2.75. The van der Waals surface area contributed by atoms with Gasteiger partial charge in [-0.05, 0) is 68.8 Å². The van der Waals surface area contributed by atoms with E-state index in [1.165, 1.54) is 0 Å². The van der Waals surface area contributed by atoms with Gasteiger partial charge in [-0.2, -0.15) is 0 Å². The number of allylic oxidation sites excluding steroid dienone is 1. The molecular formula is C31H30N4O4. The summed E-state index contributed by atoms with van der Waals surface area (Å²) in [5.41, 5.74) is 4.70. The fourth-order valence-corrected chi connectivity index (χ4v) is 4.04. The Balaban J connectivity index is 1.46. The van der Waals surface area contributed by atoms with Gasteiger partial charge in [-0.25, -0.2) is 14.8 Å². The SMILES string of the molecule is C=CCc1c(C)nc(-c2ccccc2)nc1Nc1ccc(C(=O)Oc2ccc(C[C@H](NC)C(=O)O)cc2)cc1. The average Bonchev–Trinajstić information content (AvgIpc) is 2.95. The molecule has 0 aliphatic heterocycles. The molecule has 0 bridgehead atoms. The van der Waals surface area contributed by atoms with Crippen molar-refractivity contribution in [2.24, 2.45) is 0 Å². The normalized spacial score (nSPS) is 11.4. The number of carboxylic acid groups (broad SMARTS) is 1. The number of hydrogen-bond acceptors (Lipinski definition) is 7. The summed E-state index contributed by atoms with van der Waals surface area (Å²) >= 11 is 0. The van der Waals surface area contributed by atoms with Crippen LogP contribution in [0.25, 0.3) is 11.4 Å². The predicted octanol–water partition coefficient (Wildman–Crippen LogP) is 5.36. The van der Waals surface area contributed by atoms with Crippen LogP contribution in [0.1, 0.15) is 27.2 Å². The van der Waals surface area contributed by atoms with E-state index < -0.39 is 18.0 Å². The Hall–Kier alpha value is -4.82. The Labute approximate surface area is 227 Å². The van der Waals surface area contributed by atoms with Crippen LogP contribution in [0.15, 0.2) is 91.5 Å². The van der Waals surface area contributed by atoms with Crippen LogP contribution >= 0.6 is 0 Å². The highest BCUT2D eigenvalue weighted by Gasteiger charge is 2.16. The number of aliphatic carboxylic acids is 1. The number of nitrogens with one attached hydrogen (secondary N) is 2. The number of esters is 1. The van der Waals surface area contributed by atoms with Gasteiger partial charge in [0, 0.05) is 22.5 Å². The molecule has 0 spiro atoms. The van der Waals surface area contributed by atoms with Crippen LogP contribution in [-0.4, -0.2) is 40.1 Å². The van der Waals surface area contributed by atoms with E-state index in [9.17, 15) is 14.7 Å². The monoisotopic (exact) mass is 522 g/mol. The van der Waals surface area contributed by atoms with Gasteiger partial charge in [0.2, 0.25) is 0 Å². The van der Waals surface area contributed by atoms with Crippen LogP contribution in [0.4, 0.5) is 11.5 Å². The summed E-state index contributed by atoms with van der Waals surface area (Å²) < 4.78 is 5.50. The first-order valence-electron chi connectivity index (χ1n) is 12.5. The van der Waals surface area contributed by atoms with E-state index in [1.807, 2.05) is 43.3 Å². The van der Waals surface area contributed by atoms with E-state index >= 15 is 0 Å². The molecule has 39 heavy (non-hydrogen) atoms. The highest BCUT2D eigenvalue weighted by Crippen LogP contribution is 2.26.